The van der Waals surface area contributed by atoms with Crippen LogP contribution in [0.4, 0.5) is 0 Å². The molecule has 0 saturated heterocycles. The summed E-state index contributed by atoms with van der Waals surface area (Å²) in [5.41, 5.74) is -0.360. The molecule has 7 nitrogen and oxygen atoms in total. The second-order valence-corrected chi connectivity index (χ2v) is 6.77. The molecule has 0 aromatic heterocycles. The van der Waals surface area contributed by atoms with E-state index in [1.165, 1.54) is 26.2 Å². The standard InChI is InChI=1S/C18H27N3O4/c1-18(10-22,11-23)21-17(24)16(20-2)14-8-13(6-7-15(14)19)25-9-12-4-3-5-12/h6-8,12,19-20,22-23H,3-5,9-11H2,1-2H3,(H,21,24)/b16-14-,19-15?. The Bertz CT molecular complexity index is 614. The highest BCUT2D eigenvalue weighted by molar-refractivity contribution is 6.14. The van der Waals surface area contributed by atoms with Crippen LogP contribution in [-0.2, 0) is 9.53 Å². The summed E-state index contributed by atoms with van der Waals surface area (Å²) >= 11 is 0. The van der Waals surface area contributed by atoms with Crippen LogP contribution in [0.1, 0.15) is 26.2 Å². The van der Waals surface area contributed by atoms with E-state index in [9.17, 15) is 15.0 Å². The predicted molar refractivity (Wildman–Crippen MR) is 95.0 cm³/mol. The molecular formula is C18H27N3O4. The molecule has 0 aromatic carbocycles. The van der Waals surface area contributed by atoms with Gasteiger partial charge in [0.15, 0.2) is 0 Å². The Morgan fingerprint density at radius 3 is 2.56 bits per heavy atom. The van der Waals surface area contributed by atoms with Gasteiger partial charge in [-0.15, -0.1) is 0 Å². The van der Waals surface area contributed by atoms with Crippen LogP contribution in [0.15, 0.2) is 35.3 Å². The minimum Gasteiger partial charge on any atom is -0.493 e. The first-order valence-corrected chi connectivity index (χ1v) is 8.50. The number of aliphatic hydroxyl groups is 2. The molecule has 0 aliphatic heterocycles. The lowest BCUT2D eigenvalue weighted by Crippen LogP contribution is -2.53. The third kappa shape index (κ3) is 4.70. The van der Waals surface area contributed by atoms with E-state index in [1.54, 1.807) is 25.3 Å². The van der Waals surface area contributed by atoms with Crippen molar-refractivity contribution >= 4 is 11.6 Å². The number of likely N-dealkylation sites (N-methyl/N-ethyl adjacent to an activating group) is 1. The Morgan fingerprint density at radius 1 is 1.36 bits per heavy atom. The fourth-order valence-electron chi connectivity index (χ4n) is 2.53. The van der Waals surface area contributed by atoms with Crippen LogP contribution in [0.2, 0.25) is 0 Å². The molecule has 0 atom stereocenters. The highest BCUT2D eigenvalue weighted by atomic mass is 16.5. The van der Waals surface area contributed by atoms with Gasteiger partial charge in [0.1, 0.15) is 11.5 Å². The van der Waals surface area contributed by atoms with Crippen LogP contribution < -0.4 is 10.6 Å². The van der Waals surface area contributed by atoms with Crippen molar-refractivity contribution in [1.29, 1.82) is 5.41 Å². The monoisotopic (exact) mass is 349 g/mol. The molecule has 0 aromatic rings. The molecule has 25 heavy (non-hydrogen) atoms. The Kier molecular flexibility index (Phi) is 6.39. The summed E-state index contributed by atoms with van der Waals surface area (Å²) in [4.78, 5) is 12.5. The number of carbonyl (C=O) groups excluding carboxylic acids is 1. The second-order valence-electron chi connectivity index (χ2n) is 6.77. The van der Waals surface area contributed by atoms with Crippen molar-refractivity contribution in [3.8, 4) is 0 Å². The number of amides is 1. The summed E-state index contributed by atoms with van der Waals surface area (Å²) in [7, 11) is 1.59. The van der Waals surface area contributed by atoms with E-state index in [-0.39, 0.29) is 11.4 Å². The lowest BCUT2D eigenvalue weighted by atomic mass is 9.86. The van der Waals surface area contributed by atoms with Gasteiger partial charge in [-0.05, 0) is 43.9 Å². The molecule has 7 heteroatoms. The zero-order valence-electron chi connectivity index (χ0n) is 14.8. The van der Waals surface area contributed by atoms with Crippen molar-refractivity contribution in [2.24, 2.45) is 5.92 Å². The number of hydrogen-bond acceptors (Lipinski definition) is 6. The van der Waals surface area contributed by atoms with Crippen molar-refractivity contribution in [2.75, 3.05) is 26.9 Å². The van der Waals surface area contributed by atoms with Crippen molar-refractivity contribution in [3.63, 3.8) is 0 Å². The van der Waals surface area contributed by atoms with Gasteiger partial charge < -0.3 is 31.0 Å². The fourth-order valence-corrected chi connectivity index (χ4v) is 2.53. The molecule has 0 spiro atoms. The van der Waals surface area contributed by atoms with E-state index in [2.05, 4.69) is 10.6 Å². The van der Waals surface area contributed by atoms with E-state index in [0.717, 1.165) is 0 Å². The first-order valence-electron chi connectivity index (χ1n) is 8.50. The Balaban J connectivity index is 2.18. The molecule has 5 N–H and O–H groups in total. The van der Waals surface area contributed by atoms with E-state index < -0.39 is 24.7 Å². The van der Waals surface area contributed by atoms with Crippen molar-refractivity contribution in [3.05, 3.63) is 35.3 Å². The number of rotatable bonds is 8. The van der Waals surface area contributed by atoms with Crippen LogP contribution in [0.5, 0.6) is 0 Å². The summed E-state index contributed by atoms with van der Waals surface area (Å²) < 4.78 is 5.79. The molecule has 2 rings (SSSR count). The summed E-state index contributed by atoms with van der Waals surface area (Å²) in [5.74, 6) is 0.702. The van der Waals surface area contributed by atoms with Gasteiger partial charge in [0, 0.05) is 12.6 Å². The molecule has 0 unspecified atom stereocenters. The van der Waals surface area contributed by atoms with E-state index in [4.69, 9.17) is 10.1 Å². The average molecular weight is 349 g/mol. The summed E-state index contributed by atoms with van der Waals surface area (Å²) in [6.45, 7) is 1.39. The van der Waals surface area contributed by atoms with Gasteiger partial charge in [-0.2, -0.15) is 0 Å². The van der Waals surface area contributed by atoms with Gasteiger partial charge in [0.25, 0.3) is 5.91 Å². The molecule has 2 aliphatic rings. The Hall–Kier alpha value is -2.12. The molecule has 1 amide bonds. The fraction of sp³-hybridized carbons (Fsp3) is 0.556. The lowest BCUT2D eigenvalue weighted by molar-refractivity contribution is -0.120. The van der Waals surface area contributed by atoms with Crippen LogP contribution in [0.25, 0.3) is 0 Å². The highest BCUT2D eigenvalue weighted by Gasteiger charge is 2.28. The van der Waals surface area contributed by atoms with E-state index in [1.807, 2.05) is 0 Å². The van der Waals surface area contributed by atoms with Gasteiger partial charge in [-0.3, -0.25) is 4.79 Å². The van der Waals surface area contributed by atoms with Crippen LogP contribution in [0.3, 0.4) is 0 Å². The quantitative estimate of drug-likeness (QED) is 0.412. The van der Waals surface area contributed by atoms with E-state index in [0.29, 0.717) is 23.9 Å². The summed E-state index contributed by atoms with van der Waals surface area (Å²) in [6, 6.07) is 0. The minimum absolute atomic E-state index is 0.185. The van der Waals surface area contributed by atoms with Gasteiger partial charge in [0.05, 0.1) is 31.1 Å². The van der Waals surface area contributed by atoms with Crippen LogP contribution in [-0.4, -0.2) is 54.2 Å². The zero-order chi connectivity index (χ0) is 18.4. The highest BCUT2D eigenvalue weighted by Crippen LogP contribution is 2.28. The first-order chi connectivity index (χ1) is 11.9. The third-order valence-corrected chi connectivity index (χ3v) is 4.56. The van der Waals surface area contributed by atoms with Gasteiger partial charge in [-0.25, -0.2) is 0 Å². The largest absolute Gasteiger partial charge is 0.493 e. The molecule has 0 radical (unpaired) electrons. The normalized spacial score (nSPS) is 19.8. The summed E-state index contributed by atoms with van der Waals surface area (Å²) in [6.07, 6.45) is 8.59. The minimum atomic E-state index is -1.14. The molecule has 0 heterocycles. The number of allylic oxidation sites excluding steroid dienone is 4. The van der Waals surface area contributed by atoms with Gasteiger partial charge in [0.2, 0.25) is 0 Å². The predicted octanol–water partition coefficient (Wildman–Crippen LogP) is 0.610. The maximum absolute atomic E-state index is 12.5. The van der Waals surface area contributed by atoms with Crippen LogP contribution in [0, 0.1) is 11.3 Å². The van der Waals surface area contributed by atoms with Crippen molar-refractivity contribution in [2.45, 2.75) is 31.7 Å². The maximum atomic E-state index is 12.5. The number of ether oxygens (including phenoxy) is 1. The SMILES string of the molecule is CN/C(C(=O)NC(C)(CO)CO)=C1/C=C(OCC2CCC2)C=CC1=N. The molecule has 1 saturated carbocycles. The number of carbonyl (C=O) groups is 1. The van der Waals surface area contributed by atoms with Crippen molar-refractivity contribution in [1.82, 2.24) is 10.6 Å². The smallest absolute Gasteiger partial charge is 0.268 e. The lowest BCUT2D eigenvalue weighted by Gasteiger charge is -2.28. The third-order valence-electron chi connectivity index (χ3n) is 4.56. The molecule has 138 valence electrons. The summed E-state index contributed by atoms with van der Waals surface area (Å²) in [5, 5.41) is 32.2. The number of aliphatic hydroxyl groups excluding tert-OH is 2. The average Bonchev–Trinajstić information content (AvgIpc) is 2.56. The van der Waals surface area contributed by atoms with E-state index >= 15 is 0 Å². The molecule has 2 aliphatic carbocycles. The Labute approximate surface area is 148 Å². The molecular weight excluding hydrogens is 322 g/mol. The molecule has 0 bridgehead atoms. The second kappa shape index (κ2) is 8.31. The maximum Gasteiger partial charge on any atom is 0.268 e. The first kappa shape index (κ1) is 19.2. The Morgan fingerprint density at radius 2 is 2.04 bits per heavy atom. The topological polar surface area (TPSA) is 115 Å². The zero-order valence-corrected chi connectivity index (χ0v) is 14.8. The number of nitrogens with one attached hydrogen (secondary N) is 3. The van der Waals surface area contributed by atoms with Crippen molar-refractivity contribution < 1.29 is 19.7 Å². The molecule has 1 fully saturated rings. The van der Waals surface area contributed by atoms with Gasteiger partial charge in [-0.1, -0.05) is 6.42 Å². The number of hydrogen-bond donors (Lipinski definition) is 5. The van der Waals surface area contributed by atoms with Gasteiger partial charge >= 0.3 is 0 Å². The van der Waals surface area contributed by atoms with Crippen LogP contribution >= 0.6 is 0 Å².